The van der Waals surface area contributed by atoms with Gasteiger partial charge in [-0.05, 0) is 36.1 Å². The van der Waals surface area contributed by atoms with E-state index in [0.717, 1.165) is 16.7 Å². The molecule has 2 N–H and O–H groups in total. The number of nitrogens with one attached hydrogen (secondary N) is 2. The summed E-state index contributed by atoms with van der Waals surface area (Å²) in [5.41, 5.74) is 0.800. The van der Waals surface area contributed by atoms with Crippen LogP contribution < -0.4 is 15.0 Å². The third kappa shape index (κ3) is 3.87. The molecule has 2 heterocycles. The molecule has 3 rings (SSSR count). The lowest BCUT2D eigenvalue weighted by molar-refractivity contribution is 0.415. The first kappa shape index (κ1) is 17.9. The molecule has 0 radical (unpaired) electrons. The summed E-state index contributed by atoms with van der Waals surface area (Å²) in [7, 11) is -2.03. The Kier molecular flexibility index (Phi) is 5.14. The summed E-state index contributed by atoms with van der Waals surface area (Å²) >= 11 is 7.20. The molecule has 0 bridgehead atoms. The molecular formula is C16H15ClN2O4S2. The molecule has 2 aromatic heterocycles. The first-order valence-corrected chi connectivity index (χ1v) is 10.1. The second-order valence-corrected chi connectivity index (χ2v) is 8.63. The van der Waals surface area contributed by atoms with Gasteiger partial charge in [0.05, 0.1) is 17.6 Å². The number of methoxy groups -OCH3 is 1. The quantitative estimate of drug-likeness (QED) is 0.668. The number of benzene rings is 1. The zero-order chi connectivity index (χ0) is 18.0. The topological polar surface area (TPSA) is 88.3 Å². The number of fused-ring (bicyclic) bond motifs is 1. The Morgan fingerprint density at radius 3 is 2.80 bits per heavy atom. The zero-order valence-electron chi connectivity index (χ0n) is 13.2. The highest BCUT2D eigenvalue weighted by molar-refractivity contribution is 7.91. The van der Waals surface area contributed by atoms with E-state index >= 15 is 0 Å². The second-order valence-electron chi connectivity index (χ2n) is 5.28. The van der Waals surface area contributed by atoms with Crippen molar-refractivity contribution < 1.29 is 13.2 Å². The van der Waals surface area contributed by atoms with Gasteiger partial charge in [-0.1, -0.05) is 17.7 Å². The maximum Gasteiger partial charge on any atom is 0.251 e. The number of halogens is 1. The van der Waals surface area contributed by atoms with Crippen molar-refractivity contribution >= 4 is 43.9 Å². The summed E-state index contributed by atoms with van der Waals surface area (Å²) in [6, 6.07) is 8.28. The van der Waals surface area contributed by atoms with Gasteiger partial charge in [-0.2, -0.15) is 0 Å². The molecule has 132 valence electrons. The van der Waals surface area contributed by atoms with Gasteiger partial charge in [0.15, 0.2) is 0 Å². The van der Waals surface area contributed by atoms with Crippen molar-refractivity contribution in [2.24, 2.45) is 0 Å². The summed E-state index contributed by atoms with van der Waals surface area (Å²) < 4.78 is 32.1. The maximum absolute atomic E-state index is 12.2. The van der Waals surface area contributed by atoms with Crippen molar-refractivity contribution in [3.05, 3.63) is 56.7 Å². The van der Waals surface area contributed by atoms with Crippen LogP contribution in [-0.2, 0) is 16.4 Å². The summed E-state index contributed by atoms with van der Waals surface area (Å²) in [5.74, 6) is 0.505. The standard InChI is InChI=1S/C16H15ClN2O4S2/c1-23-14-8-11-7-10(16(20)19-13(11)9-12(14)17)4-5-18-25(21,22)15-3-2-6-24-15/h2-3,6-9,18H,4-5H2,1H3,(H,19,20). The maximum atomic E-state index is 12.2. The highest BCUT2D eigenvalue weighted by Crippen LogP contribution is 2.28. The molecule has 6 nitrogen and oxygen atoms in total. The molecule has 0 spiro atoms. The van der Waals surface area contributed by atoms with Gasteiger partial charge in [-0.25, -0.2) is 13.1 Å². The first-order valence-electron chi connectivity index (χ1n) is 7.33. The Labute approximate surface area is 153 Å². The van der Waals surface area contributed by atoms with Gasteiger partial charge in [-0.3, -0.25) is 4.79 Å². The fourth-order valence-electron chi connectivity index (χ4n) is 2.40. The predicted octanol–water partition coefficient (Wildman–Crippen LogP) is 2.77. The minimum absolute atomic E-state index is 0.125. The van der Waals surface area contributed by atoms with Crippen LogP contribution >= 0.6 is 22.9 Å². The molecule has 0 atom stereocenters. The van der Waals surface area contributed by atoms with Crippen LogP contribution in [0.3, 0.4) is 0 Å². The van der Waals surface area contributed by atoms with E-state index in [4.69, 9.17) is 16.3 Å². The number of ether oxygens (including phenoxy) is 1. The molecule has 0 unspecified atom stereocenters. The van der Waals surface area contributed by atoms with Gasteiger partial charge in [0.1, 0.15) is 9.96 Å². The fraction of sp³-hybridized carbons (Fsp3) is 0.188. The molecule has 3 aromatic rings. The number of rotatable bonds is 6. The monoisotopic (exact) mass is 398 g/mol. The van der Waals surface area contributed by atoms with E-state index in [2.05, 4.69) is 9.71 Å². The van der Waals surface area contributed by atoms with Crippen LogP contribution in [0.25, 0.3) is 10.9 Å². The largest absolute Gasteiger partial charge is 0.495 e. The molecule has 0 aliphatic heterocycles. The van der Waals surface area contributed by atoms with Crippen LogP contribution in [-0.4, -0.2) is 27.1 Å². The lowest BCUT2D eigenvalue weighted by Crippen LogP contribution is -2.27. The smallest absolute Gasteiger partial charge is 0.251 e. The van der Waals surface area contributed by atoms with Crippen molar-refractivity contribution in [3.63, 3.8) is 0 Å². The van der Waals surface area contributed by atoms with Crippen LogP contribution in [0.15, 0.2) is 44.7 Å². The van der Waals surface area contributed by atoms with Crippen LogP contribution in [0.4, 0.5) is 0 Å². The summed E-state index contributed by atoms with van der Waals surface area (Å²) in [6.07, 6.45) is 0.265. The number of aromatic amines is 1. The molecule has 1 aromatic carbocycles. The molecule has 9 heteroatoms. The second kappa shape index (κ2) is 7.17. The number of hydrogen-bond acceptors (Lipinski definition) is 5. The van der Waals surface area contributed by atoms with Crippen LogP contribution in [0.5, 0.6) is 5.75 Å². The summed E-state index contributed by atoms with van der Waals surface area (Å²) in [4.78, 5) is 14.9. The van der Waals surface area contributed by atoms with Gasteiger partial charge < -0.3 is 9.72 Å². The average Bonchev–Trinajstić information content (AvgIpc) is 3.10. The van der Waals surface area contributed by atoms with E-state index in [1.54, 1.807) is 29.6 Å². The van der Waals surface area contributed by atoms with E-state index in [0.29, 0.717) is 21.9 Å². The van der Waals surface area contributed by atoms with Crippen molar-refractivity contribution in [2.75, 3.05) is 13.7 Å². The molecule has 0 aliphatic rings. The highest BCUT2D eigenvalue weighted by Gasteiger charge is 2.15. The van der Waals surface area contributed by atoms with E-state index in [1.165, 1.54) is 13.2 Å². The molecule has 0 saturated carbocycles. The van der Waals surface area contributed by atoms with Crippen LogP contribution in [0.1, 0.15) is 5.56 Å². The van der Waals surface area contributed by atoms with Gasteiger partial charge in [0.25, 0.3) is 5.56 Å². The molecular weight excluding hydrogens is 384 g/mol. The van der Waals surface area contributed by atoms with Crippen molar-refractivity contribution in [1.82, 2.24) is 9.71 Å². The molecule has 25 heavy (non-hydrogen) atoms. The van der Waals surface area contributed by atoms with E-state index in [9.17, 15) is 13.2 Å². The normalized spacial score (nSPS) is 11.8. The van der Waals surface area contributed by atoms with Gasteiger partial charge in [0.2, 0.25) is 10.0 Å². The fourth-order valence-corrected chi connectivity index (χ4v) is 4.71. The van der Waals surface area contributed by atoms with Gasteiger partial charge in [-0.15, -0.1) is 11.3 Å². The zero-order valence-corrected chi connectivity index (χ0v) is 15.6. The van der Waals surface area contributed by atoms with Gasteiger partial charge in [0, 0.05) is 17.5 Å². The SMILES string of the molecule is COc1cc2cc(CCNS(=O)(=O)c3cccs3)c(=O)[nH]c2cc1Cl. The Morgan fingerprint density at radius 2 is 2.12 bits per heavy atom. The van der Waals surface area contributed by atoms with Crippen molar-refractivity contribution in [1.29, 1.82) is 0 Å². The first-order chi connectivity index (χ1) is 11.9. The number of pyridine rings is 1. The minimum Gasteiger partial charge on any atom is -0.495 e. The molecule has 0 fully saturated rings. The Morgan fingerprint density at radius 1 is 1.32 bits per heavy atom. The lowest BCUT2D eigenvalue weighted by Gasteiger charge is -2.08. The summed E-state index contributed by atoms with van der Waals surface area (Å²) in [5, 5.41) is 2.86. The molecule has 0 aliphatic carbocycles. The summed E-state index contributed by atoms with van der Waals surface area (Å²) in [6.45, 7) is 0.125. The Bertz CT molecular complexity index is 1060. The van der Waals surface area contributed by atoms with Crippen LogP contribution in [0, 0.1) is 0 Å². The predicted molar refractivity (Wildman–Crippen MR) is 99.3 cm³/mol. The average molecular weight is 399 g/mol. The molecule has 0 saturated heterocycles. The number of thiophene rings is 1. The third-order valence-electron chi connectivity index (χ3n) is 3.64. The lowest BCUT2D eigenvalue weighted by atomic mass is 10.1. The molecule has 0 amide bonds. The number of H-pyrrole nitrogens is 1. The highest BCUT2D eigenvalue weighted by atomic mass is 35.5. The minimum atomic E-state index is -3.54. The van der Waals surface area contributed by atoms with Gasteiger partial charge >= 0.3 is 0 Å². The van der Waals surface area contributed by atoms with E-state index in [1.807, 2.05) is 0 Å². The van der Waals surface area contributed by atoms with Crippen molar-refractivity contribution in [2.45, 2.75) is 10.6 Å². The Balaban J connectivity index is 1.81. The Hall–Kier alpha value is -1.87. The number of sulfonamides is 1. The van der Waals surface area contributed by atoms with E-state index in [-0.39, 0.29) is 22.7 Å². The van der Waals surface area contributed by atoms with Crippen LogP contribution in [0.2, 0.25) is 5.02 Å². The number of hydrogen-bond donors (Lipinski definition) is 2. The van der Waals surface area contributed by atoms with Crippen molar-refractivity contribution in [3.8, 4) is 5.75 Å². The third-order valence-corrected chi connectivity index (χ3v) is 6.79. The number of aromatic nitrogens is 1. The van der Waals surface area contributed by atoms with E-state index < -0.39 is 10.0 Å².